The van der Waals surface area contributed by atoms with Crippen LogP contribution in [-0.2, 0) is 16.6 Å². The van der Waals surface area contributed by atoms with Crippen molar-refractivity contribution in [2.75, 3.05) is 12.8 Å². The topological polar surface area (TPSA) is 89.2 Å². The van der Waals surface area contributed by atoms with Gasteiger partial charge in [-0.15, -0.1) is 11.3 Å². The van der Waals surface area contributed by atoms with E-state index in [1.54, 1.807) is 0 Å². The number of nitrogens with two attached hydrogens (primary N) is 1. The number of nitrogen functional groups attached to an aromatic ring is 1. The summed E-state index contributed by atoms with van der Waals surface area (Å²) in [6.07, 6.45) is 2.41. The average molecular weight is 363 g/mol. The third-order valence-electron chi connectivity index (χ3n) is 2.36. The van der Waals surface area contributed by atoms with E-state index in [0.717, 1.165) is 9.35 Å². The van der Waals surface area contributed by atoms with E-state index < -0.39 is 10.0 Å². The van der Waals surface area contributed by atoms with Crippen molar-refractivity contribution in [3.8, 4) is 0 Å². The van der Waals surface area contributed by atoms with E-state index >= 15 is 0 Å². The van der Waals surface area contributed by atoms with Crippen LogP contribution in [0.3, 0.4) is 0 Å². The Morgan fingerprint density at radius 2 is 2.05 bits per heavy atom. The number of thiophene rings is 1. The van der Waals surface area contributed by atoms with E-state index in [0.29, 0.717) is 6.54 Å². The minimum Gasteiger partial charge on any atom is -0.368 e. The lowest BCUT2D eigenvalue weighted by Crippen LogP contribution is -2.26. The maximum Gasteiger partial charge on any atom is 0.246 e. The van der Waals surface area contributed by atoms with E-state index in [2.05, 4.69) is 25.9 Å². The fraction of sp³-hybridized carbons (Fsp3) is 0.200. The maximum absolute atomic E-state index is 12.3. The van der Waals surface area contributed by atoms with Gasteiger partial charge >= 0.3 is 0 Å². The summed E-state index contributed by atoms with van der Waals surface area (Å²) in [7, 11) is -2.09. The van der Waals surface area contributed by atoms with Crippen LogP contribution in [0.15, 0.2) is 33.2 Å². The minimum atomic E-state index is -3.60. The fourth-order valence-corrected chi connectivity index (χ4v) is 4.01. The summed E-state index contributed by atoms with van der Waals surface area (Å²) in [5.74, 6) is 0.0452. The summed E-state index contributed by atoms with van der Waals surface area (Å²) in [4.78, 5) is 8.36. The van der Waals surface area contributed by atoms with Gasteiger partial charge < -0.3 is 5.73 Å². The molecule has 0 radical (unpaired) electrons. The molecule has 0 aromatic carbocycles. The summed E-state index contributed by atoms with van der Waals surface area (Å²) in [5, 5.41) is 1.90. The lowest BCUT2D eigenvalue weighted by atomic mass is 10.5. The third-order valence-corrected chi connectivity index (χ3v) is 5.80. The molecule has 2 N–H and O–H groups in total. The number of anilines is 1. The highest BCUT2D eigenvalue weighted by Gasteiger charge is 2.22. The lowest BCUT2D eigenvalue weighted by molar-refractivity contribution is 0.469. The molecule has 2 rings (SSSR count). The predicted molar refractivity (Wildman–Crippen MR) is 77.1 cm³/mol. The molecule has 0 saturated heterocycles. The van der Waals surface area contributed by atoms with Crippen molar-refractivity contribution >= 4 is 43.2 Å². The molecule has 0 unspecified atom stereocenters. The zero-order chi connectivity index (χ0) is 14.0. The second-order valence-electron chi connectivity index (χ2n) is 3.77. The number of hydrogen-bond donors (Lipinski definition) is 1. The number of aromatic nitrogens is 2. The number of rotatable bonds is 4. The Kier molecular flexibility index (Phi) is 4.19. The van der Waals surface area contributed by atoms with Gasteiger partial charge in [0.05, 0.1) is 12.4 Å². The van der Waals surface area contributed by atoms with Crippen LogP contribution in [0.2, 0.25) is 0 Å². The monoisotopic (exact) mass is 362 g/mol. The predicted octanol–water partition coefficient (Wildman–Crippen LogP) is 1.70. The molecule has 2 aromatic rings. The largest absolute Gasteiger partial charge is 0.368 e. The Labute approximate surface area is 123 Å². The van der Waals surface area contributed by atoms with Gasteiger partial charge in [0.2, 0.25) is 16.0 Å². The molecule has 0 amide bonds. The summed E-state index contributed by atoms with van der Waals surface area (Å²) in [6.45, 7) is 0.295. The molecule has 0 fully saturated rings. The second-order valence-corrected chi connectivity index (χ2v) is 7.73. The summed E-state index contributed by atoms with van der Waals surface area (Å²) in [6, 6.07) is 1.89. The van der Waals surface area contributed by atoms with Gasteiger partial charge in [-0.1, -0.05) is 0 Å². The Bertz CT molecular complexity index is 669. The zero-order valence-corrected chi connectivity index (χ0v) is 13.2. The number of hydrogen-bond acceptors (Lipinski definition) is 6. The van der Waals surface area contributed by atoms with Crippen molar-refractivity contribution in [2.24, 2.45) is 0 Å². The molecule has 0 aliphatic carbocycles. The zero-order valence-electron chi connectivity index (χ0n) is 9.95. The SMILES string of the molecule is CN(Cc1cc(Br)cs1)S(=O)(=O)c1cnc(N)nc1. The molecule has 0 spiro atoms. The molecule has 0 saturated carbocycles. The van der Waals surface area contributed by atoms with E-state index in [1.165, 1.54) is 35.1 Å². The van der Waals surface area contributed by atoms with Crippen LogP contribution in [0.1, 0.15) is 4.88 Å². The van der Waals surface area contributed by atoms with Gasteiger partial charge in [-0.3, -0.25) is 0 Å². The van der Waals surface area contributed by atoms with E-state index in [4.69, 9.17) is 5.73 Å². The van der Waals surface area contributed by atoms with Gasteiger partial charge in [0.1, 0.15) is 4.90 Å². The van der Waals surface area contributed by atoms with Crippen molar-refractivity contribution in [1.29, 1.82) is 0 Å². The molecule has 19 heavy (non-hydrogen) atoms. The fourth-order valence-electron chi connectivity index (χ4n) is 1.38. The Morgan fingerprint density at radius 1 is 1.42 bits per heavy atom. The molecule has 0 aliphatic heterocycles. The van der Waals surface area contributed by atoms with Crippen molar-refractivity contribution in [3.05, 3.63) is 33.2 Å². The Balaban J connectivity index is 2.21. The average Bonchev–Trinajstić information content (AvgIpc) is 2.75. The van der Waals surface area contributed by atoms with Crippen molar-refractivity contribution in [3.63, 3.8) is 0 Å². The normalized spacial score (nSPS) is 11.9. The van der Waals surface area contributed by atoms with Gasteiger partial charge in [-0.25, -0.2) is 18.4 Å². The van der Waals surface area contributed by atoms with Crippen LogP contribution in [0, 0.1) is 0 Å². The van der Waals surface area contributed by atoms with Gasteiger partial charge in [-0.2, -0.15) is 4.31 Å². The number of halogens is 1. The highest BCUT2D eigenvalue weighted by molar-refractivity contribution is 9.10. The van der Waals surface area contributed by atoms with Crippen LogP contribution < -0.4 is 5.73 Å². The summed E-state index contributed by atoms with van der Waals surface area (Å²) >= 11 is 4.82. The van der Waals surface area contributed by atoms with Crippen LogP contribution in [0.25, 0.3) is 0 Å². The summed E-state index contributed by atoms with van der Waals surface area (Å²) < 4.78 is 26.7. The maximum atomic E-state index is 12.3. The van der Waals surface area contributed by atoms with Gasteiger partial charge in [-0.05, 0) is 22.0 Å². The first-order valence-electron chi connectivity index (χ1n) is 5.16. The number of nitrogens with zero attached hydrogens (tertiary/aromatic N) is 3. The summed E-state index contributed by atoms with van der Waals surface area (Å²) in [5.41, 5.74) is 5.34. The molecule has 0 atom stereocenters. The number of sulfonamides is 1. The molecule has 9 heteroatoms. The third kappa shape index (κ3) is 3.30. The molecule has 6 nitrogen and oxygen atoms in total. The van der Waals surface area contributed by atoms with Crippen molar-refractivity contribution in [2.45, 2.75) is 11.4 Å². The molecule has 102 valence electrons. The van der Waals surface area contributed by atoms with Crippen LogP contribution in [-0.4, -0.2) is 29.7 Å². The molecule has 0 aliphatic rings. The highest BCUT2D eigenvalue weighted by Crippen LogP contribution is 2.23. The first-order valence-corrected chi connectivity index (χ1v) is 8.27. The molecular weight excluding hydrogens is 352 g/mol. The minimum absolute atomic E-state index is 0.0276. The van der Waals surface area contributed by atoms with Crippen LogP contribution in [0.4, 0.5) is 5.95 Å². The van der Waals surface area contributed by atoms with E-state index in [9.17, 15) is 8.42 Å². The van der Waals surface area contributed by atoms with Crippen molar-refractivity contribution in [1.82, 2.24) is 14.3 Å². The smallest absolute Gasteiger partial charge is 0.246 e. The van der Waals surface area contributed by atoms with Gasteiger partial charge in [0.25, 0.3) is 0 Å². The molecule has 2 heterocycles. The van der Waals surface area contributed by atoms with Gasteiger partial charge in [0, 0.05) is 28.3 Å². The van der Waals surface area contributed by atoms with Crippen LogP contribution >= 0.6 is 27.3 Å². The first kappa shape index (κ1) is 14.4. The lowest BCUT2D eigenvalue weighted by Gasteiger charge is -2.15. The van der Waals surface area contributed by atoms with Crippen molar-refractivity contribution < 1.29 is 8.42 Å². The first-order chi connectivity index (χ1) is 8.89. The molecular formula is C10H11BrN4O2S2. The highest BCUT2D eigenvalue weighted by atomic mass is 79.9. The Hall–Kier alpha value is -1.03. The van der Waals surface area contributed by atoms with E-state index in [-0.39, 0.29) is 10.8 Å². The van der Waals surface area contributed by atoms with Crippen LogP contribution in [0.5, 0.6) is 0 Å². The standard InChI is InChI=1S/C10H11BrN4O2S2/c1-15(5-8-2-7(11)6-18-8)19(16,17)9-3-13-10(12)14-4-9/h2-4,6H,5H2,1H3,(H2,12,13,14). The van der Waals surface area contributed by atoms with Gasteiger partial charge in [0.15, 0.2) is 0 Å². The molecule has 0 bridgehead atoms. The quantitative estimate of drug-likeness (QED) is 0.893. The van der Waals surface area contributed by atoms with E-state index in [1.807, 2.05) is 11.4 Å². The second kappa shape index (κ2) is 5.53. The molecule has 2 aromatic heterocycles. The Morgan fingerprint density at radius 3 is 2.58 bits per heavy atom.